The first-order valence-corrected chi connectivity index (χ1v) is 7.86. The number of halogens is 4. The molecule has 0 heterocycles. The average molecular weight is 401 g/mol. The highest BCUT2D eigenvalue weighted by molar-refractivity contribution is 9.09. The Morgan fingerprint density at radius 3 is 2.21 bits per heavy atom. The number of hydrogen-bond donors (Lipinski definition) is 2. The van der Waals surface area contributed by atoms with Gasteiger partial charge in [-0.25, -0.2) is 0 Å². The molecule has 0 aromatic heterocycles. The Kier molecular flexibility index (Phi) is 5.61. The van der Waals surface area contributed by atoms with E-state index in [1.165, 1.54) is 24.3 Å². The van der Waals surface area contributed by atoms with Crippen LogP contribution in [0.3, 0.4) is 0 Å². The van der Waals surface area contributed by atoms with E-state index in [2.05, 4.69) is 26.6 Å². The summed E-state index contributed by atoms with van der Waals surface area (Å²) < 4.78 is 38.0. The number of alkyl halides is 4. The van der Waals surface area contributed by atoms with Crippen LogP contribution in [0.5, 0.6) is 0 Å². The molecule has 2 aromatic rings. The minimum atomic E-state index is -4.49. The molecule has 8 heteroatoms. The Morgan fingerprint density at radius 2 is 1.58 bits per heavy atom. The van der Waals surface area contributed by atoms with Crippen molar-refractivity contribution in [1.29, 1.82) is 0 Å². The number of benzene rings is 2. The third-order valence-electron chi connectivity index (χ3n) is 2.98. The monoisotopic (exact) mass is 400 g/mol. The van der Waals surface area contributed by atoms with Gasteiger partial charge in [-0.2, -0.15) is 13.2 Å². The van der Waals surface area contributed by atoms with Crippen molar-refractivity contribution in [3.05, 3.63) is 59.7 Å². The van der Waals surface area contributed by atoms with E-state index in [0.717, 1.165) is 12.1 Å². The molecule has 4 nitrogen and oxygen atoms in total. The van der Waals surface area contributed by atoms with Crippen molar-refractivity contribution >= 4 is 39.1 Å². The summed E-state index contributed by atoms with van der Waals surface area (Å²) in [7, 11) is 0. The number of anilines is 2. The van der Waals surface area contributed by atoms with E-state index in [4.69, 9.17) is 0 Å². The van der Waals surface area contributed by atoms with Gasteiger partial charge in [0.05, 0.1) is 10.9 Å². The smallest absolute Gasteiger partial charge is 0.325 e. The van der Waals surface area contributed by atoms with E-state index in [-0.39, 0.29) is 22.5 Å². The second-order valence-electron chi connectivity index (χ2n) is 4.80. The second-order valence-corrected chi connectivity index (χ2v) is 5.36. The maximum atomic E-state index is 12.7. The van der Waals surface area contributed by atoms with Crippen LogP contribution in [0.15, 0.2) is 48.5 Å². The highest BCUT2D eigenvalue weighted by Crippen LogP contribution is 2.30. The number of rotatable bonds is 4. The molecule has 24 heavy (non-hydrogen) atoms. The van der Waals surface area contributed by atoms with Gasteiger partial charge in [-0.05, 0) is 36.4 Å². The van der Waals surface area contributed by atoms with E-state index < -0.39 is 17.6 Å². The second kappa shape index (κ2) is 7.48. The number of amides is 2. The Bertz CT molecular complexity index is 763. The predicted molar refractivity (Wildman–Crippen MR) is 88.3 cm³/mol. The molecule has 0 atom stereocenters. The van der Waals surface area contributed by atoms with Gasteiger partial charge < -0.3 is 10.6 Å². The molecule has 0 unspecified atom stereocenters. The molecule has 2 amide bonds. The number of hydrogen-bond acceptors (Lipinski definition) is 2. The molecule has 0 spiro atoms. The van der Waals surface area contributed by atoms with Crippen molar-refractivity contribution in [3.8, 4) is 0 Å². The van der Waals surface area contributed by atoms with Crippen LogP contribution < -0.4 is 10.6 Å². The molecule has 0 radical (unpaired) electrons. The van der Waals surface area contributed by atoms with Crippen molar-refractivity contribution in [2.45, 2.75) is 6.18 Å². The molecule has 0 fully saturated rings. The summed E-state index contributed by atoms with van der Waals surface area (Å²) in [6, 6.07) is 10.4. The largest absolute Gasteiger partial charge is 0.416 e. The molecular weight excluding hydrogens is 389 g/mol. The van der Waals surface area contributed by atoms with E-state index >= 15 is 0 Å². The minimum Gasteiger partial charge on any atom is -0.325 e. The first-order valence-electron chi connectivity index (χ1n) is 6.74. The summed E-state index contributed by atoms with van der Waals surface area (Å²) in [6.45, 7) is 0. The molecule has 0 aliphatic carbocycles. The molecule has 2 aromatic carbocycles. The van der Waals surface area contributed by atoms with Crippen LogP contribution in [0.25, 0.3) is 0 Å². The molecule has 0 saturated carbocycles. The quantitative estimate of drug-likeness (QED) is 0.752. The maximum absolute atomic E-state index is 12.7. The third kappa shape index (κ3) is 4.82. The summed E-state index contributed by atoms with van der Waals surface area (Å²) in [5.74, 6) is -0.866. The Morgan fingerprint density at radius 1 is 0.958 bits per heavy atom. The summed E-state index contributed by atoms with van der Waals surface area (Å²) in [5, 5.41) is 5.07. The zero-order valence-corrected chi connectivity index (χ0v) is 13.7. The fourth-order valence-corrected chi connectivity index (χ4v) is 2.05. The topological polar surface area (TPSA) is 58.2 Å². The highest BCUT2D eigenvalue weighted by Gasteiger charge is 2.30. The highest BCUT2D eigenvalue weighted by atomic mass is 79.9. The van der Waals surface area contributed by atoms with Crippen molar-refractivity contribution < 1.29 is 22.8 Å². The third-order valence-corrected chi connectivity index (χ3v) is 3.49. The van der Waals surface area contributed by atoms with Crippen LogP contribution in [-0.4, -0.2) is 17.1 Å². The van der Waals surface area contributed by atoms with Gasteiger partial charge in [-0.1, -0.05) is 28.1 Å². The summed E-state index contributed by atoms with van der Waals surface area (Å²) in [6.07, 6.45) is -4.49. The lowest BCUT2D eigenvalue weighted by Crippen LogP contribution is -2.15. The molecular formula is C16H12BrF3N2O2. The average Bonchev–Trinajstić information content (AvgIpc) is 2.54. The van der Waals surface area contributed by atoms with Crippen molar-refractivity contribution in [2.75, 3.05) is 16.0 Å². The van der Waals surface area contributed by atoms with Crippen LogP contribution in [0.4, 0.5) is 24.5 Å². The standard InChI is InChI=1S/C16H12BrF3N2O2/c17-9-14(23)21-12-5-1-3-10(7-12)15(24)22-13-6-2-4-11(8-13)16(18,19)20/h1-8H,9H2,(H,21,23)(H,22,24). The van der Waals surface area contributed by atoms with Gasteiger partial charge in [0.2, 0.25) is 5.91 Å². The number of carbonyl (C=O) groups excluding carboxylic acids is 2. The van der Waals surface area contributed by atoms with E-state index in [9.17, 15) is 22.8 Å². The van der Waals surface area contributed by atoms with Gasteiger partial charge >= 0.3 is 6.18 Å². The normalized spacial score (nSPS) is 11.0. The van der Waals surface area contributed by atoms with Gasteiger partial charge in [0.15, 0.2) is 0 Å². The first kappa shape index (κ1) is 18.0. The van der Waals surface area contributed by atoms with Crippen molar-refractivity contribution in [3.63, 3.8) is 0 Å². The zero-order valence-electron chi connectivity index (χ0n) is 12.2. The lowest BCUT2D eigenvalue weighted by Gasteiger charge is -2.10. The minimum absolute atomic E-state index is 0.0321. The summed E-state index contributed by atoms with van der Waals surface area (Å²) >= 11 is 3.00. The Hall–Kier alpha value is -2.35. The molecule has 2 rings (SSSR count). The van der Waals surface area contributed by atoms with Gasteiger partial charge in [-0.15, -0.1) is 0 Å². The molecule has 0 aliphatic rings. The molecule has 0 aliphatic heterocycles. The molecule has 2 N–H and O–H groups in total. The lowest BCUT2D eigenvalue weighted by molar-refractivity contribution is -0.137. The van der Waals surface area contributed by atoms with E-state index in [1.807, 2.05) is 0 Å². The van der Waals surface area contributed by atoms with Crippen LogP contribution in [0.2, 0.25) is 0 Å². The Labute approximate surface area is 144 Å². The molecule has 0 bridgehead atoms. The fraction of sp³-hybridized carbons (Fsp3) is 0.125. The van der Waals surface area contributed by atoms with Gasteiger partial charge in [0.1, 0.15) is 0 Å². The van der Waals surface area contributed by atoms with E-state index in [0.29, 0.717) is 5.69 Å². The predicted octanol–water partition coefficient (Wildman–Crippen LogP) is 4.29. The van der Waals surface area contributed by atoms with Crippen molar-refractivity contribution in [1.82, 2.24) is 0 Å². The molecule has 126 valence electrons. The summed E-state index contributed by atoms with van der Waals surface area (Å²) in [5.41, 5.74) is -0.195. The van der Waals surface area contributed by atoms with Crippen molar-refractivity contribution in [2.24, 2.45) is 0 Å². The number of carbonyl (C=O) groups is 2. The van der Waals surface area contributed by atoms with Crippen LogP contribution in [-0.2, 0) is 11.0 Å². The number of nitrogens with one attached hydrogen (secondary N) is 2. The SMILES string of the molecule is O=C(CBr)Nc1cccc(C(=O)Nc2cccc(C(F)(F)F)c2)c1. The van der Waals surface area contributed by atoms with Gasteiger partial charge in [-0.3, -0.25) is 9.59 Å². The fourth-order valence-electron chi connectivity index (χ4n) is 1.91. The Balaban J connectivity index is 2.15. The molecule has 0 saturated heterocycles. The first-order chi connectivity index (χ1) is 11.3. The van der Waals surface area contributed by atoms with Gasteiger partial charge in [0, 0.05) is 16.9 Å². The maximum Gasteiger partial charge on any atom is 0.416 e. The summed E-state index contributed by atoms with van der Waals surface area (Å²) in [4.78, 5) is 23.5. The van der Waals surface area contributed by atoms with Crippen LogP contribution in [0, 0.1) is 0 Å². The van der Waals surface area contributed by atoms with Crippen LogP contribution in [0.1, 0.15) is 15.9 Å². The van der Waals surface area contributed by atoms with Crippen LogP contribution >= 0.6 is 15.9 Å². The zero-order chi connectivity index (χ0) is 17.7. The van der Waals surface area contributed by atoms with E-state index in [1.54, 1.807) is 12.1 Å². The van der Waals surface area contributed by atoms with Gasteiger partial charge in [0.25, 0.3) is 5.91 Å². The lowest BCUT2D eigenvalue weighted by atomic mass is 10.1.